The van der Waals surface area contributed by atoms with Crippen LogP contribution in [-0.4, -0.2) is 0 Å². The molecule has 0 saturated carbocycles. The third kappa shape index (κ3) is 3.95. The van der Waals surface area contributed by atoms with Crippen molar-refractivity contribution >= 4 is 49.8 Å². The van der Waals surface area contributed by atoms with E-state index in [1.165, 1.54) is 44.2 Å². The van der Waals surface area contributed by atoms with Crippen LogP contribution in [0.5, 0.6) is 0 Å². The summed E-state index contributed by atoms with van der Waals surface area (Å²) in [5.41, 5.74) is 12.1. The number of anilines is 3. The molecule has 1 aliphatic rings. The van der Waals surface area contributed by atoms with Crippen molar-refractivity contribution in [2.45, 2.75) is 5.41 Å². The van der Waals surface area contributed by atoms with E-state index in [1.54, 1.807) is 0 Å². The second-order valence-corrected chi connectivity index (χ2v) is 12.8. The molecule has 0 bridgehead atoms. The van der Waals surface area contributed by atoms with E-state index in [2.05, 4.69) is 187 Å². The summed E-state index contributed by atoms with van der Waals surface area (Å²) >= 11 is 0. The van der Waals surface area contributed by atoms with Gasteiger partial charge in [-0.2, -0.15) is 0 Å². The van der Waals surface area contributed by atoms with Crippen molar-refractivity contribution in [1.82, 2.24) is 0 Å². The first-order chi connectivity index (χ1) is 24.3. The Bertz CT molecular complexity index is 2620. The lowest BCUT2D eigenvalue weighted by Crippen LogP contribution is -2.28. The van der Waals surface area contributed by atoms with Gasteiger partial charge in [-0.05, 0) is 69.1 Å². The summed E-state index contributed by atoms with van der Waals surface area (Å²) in [5.74, 6) is 0. The van der Waals surface area contributed by atoms with Crippen LogP contribution in [0.15, 0.2) is 192 Å². The second kappa shape index (κ2) is 10.8. The SMILES string of the molecule is c1ccc(N(c2cc3c(c4ccccc24)-c2ccccc2C3(c2ccccc2)c2ccccc2)c2cccc3c2oc2ccccc23)cc1. The van der Waals surface area contributed by atoms with E-state index >= 15 is 0 Å². The van der Waals surface area contributed by atoms with Gasteiger partial charge in [0.1, 0.15) is 5.58 Å². The molecule has 0 radical (unpaired) electrons. The van der Waals surface area contributed by atoms with Crippen LogP contribution in [0.25, 0.3) is 43.8 Å². The number of benzene rings is 8. The molecule has 230 valence electrons. The summed E-state index contributed by atoms with van der Waals surface area (Å²) in [6, 6.07) is 67.9. The van der Waals surface area contributed by atoms with Gasteiger partial charge in [0.2, 0.25) is 0 Å². The molecule has 0 aliphatic heterocycles. The quantitative estimate of drug-likeness (QED) is 0.189. The highest BCUT2D eigenvalue weighted by molar-refractivity contribution is 6.14. The minimum atomic E-state index is -0.527. The normalized spacial score (nSPS) is 13.1. The Labute approximate surface area is 285 Å². The molecule has 9 aromatic rings. The molecule has 1 heterocycles. The molecule has 2 heteroatoms. The van der Waals surface area contributed by atoms with E-state index in [1.807, 2.05) is 6.07 Å². The van der Waals surface area contributed by atoms with Crippen molar-refractivity contribution in [2.24, 2.45) is 0 Å². The van der Waals surface area contributed by atoms with Crippen molar-refractivity contribution < 1.29 is 4.42 Å². The summed E-state index contributed by atoms with van der Waals surface area (Å²) in [6.45, 7) is 0. The number of para-hydroxylation sites is 3. The molecule has 0 spiro atoms. The Morgan fingerprint density at radius 1 is 0.408 bits per heavy atom. The van der Waals surface area contributed by atoms with Gasteiger partial charge in [-0.1, -0.05) is 158 Å². The maximum Gasteiger partial charge on any atom is 0.159 e. The first-order valence-electron chi connectivity index (χ1n) is 16.9. The van der Waals surface area contributed by atoms with E-state index in [0.717, 1.165) is 39.0 Å². The lowest BCUT2D eigenvalue weighted by molar-refractivity contribution is 0.669. The van der Waals surface area contributed by atoms with Gasteiger partial charge in [0.15, 0.2) is 5.58 Å². The third-order valence-corrected chi connectivity index (χ3v) is 10.3. The fraction of sp³-hybridized carbons (Fsp3) is 0.0213. The molecule has 0 N–H and O–H groups in total. The van der Waals surface area contributed by atoms with E-state index in [4.69, 9.17) is 4.42 Å². The first-order valence-corrected chi connectivity index (χ1v) is 16.9. The Morgan fingerprint density at radius 3 is 1.71 bits per heavy atom. The minimum Gasteiger partial charge on any atom is -0.454 e. The van der Waals surface area contributed by atoms with E-state index in [-0.39, 0.29) is 0 Å². The van der Waals surface area contributed by atoms with Crippen LogP contribution in [0.3, 0.4) is 0 Å². The van der Waals surface area contributed by atoms with Crippen LogP contribution in [0, 0.1) is 0 Å². The van der Waals surface area contributed by atoms with Crippen LogP contribution >= 0.6 is 0 Å². The Kier molecular flexibility index (Phi) is 6.13. The van der Waals surface area contributed by atoms with Gasteiger partial charge in [0.05, 0.1) is 16.8 Å². The van der Waals surface area contributed by atoms with Crippen LogP contribution in [-0.2, 0) is 5.41 Å². The van der Waals surface area contributed by atoms with Crippen LogP contribution in [0.2, 0.25) is 0 Å². The predicted molar refractivity (Wildman–Crippen MR) is 203 cm³/mol. The fourth-order valence-corrected chi connectivity index (χ4v) is 8.36. The number of nitrogens with zero attached hydrogens (tertiary/aromatic N) is 1. The molecule has 1 aromatic heterocycles. The Hall–Kier alpha value is -6.38. The highest BCUT2D eigenvalue weighted by Crippen LogP contribution is 2.59. The largest absolute Gasteiger partial charge is 0.454 e. The molecule has 49 heavy (non-hydrogen) atoms. The van der Waals surface area contributed by atoms with Crippen LogP contribution in [0.1, 0.15) is 22.3 Å². The summed E-state index contributed by atoms with van der Waals surface area (Å²) in [7, 11) is 0. The summed E-state index contributed by atoms with van der Waals surface area (Å²) in [5, 5.41) is 4.64. The van der Waals surface area contributed by atoms with Crippen molar-refractivity contribution in [3.05, 3.63) is 210 Å². The molecule has 0 fully saturated rings. The molecular formula is C47H31NO. The van der Waals surface area contributed by atoms with Gasteiger partial charge >= 0.3 is 0 Å². The highest BCUT2D eigenvalue weighted by Gasteiger charge is 2.47. The zero-order chi connectivity index (χ0) is 32.4. The zero-order valence-electron chi connectivity index (χ0n) is 26.8. The van der Waals surface area contributed by atoms with Crippen molar-refractivity contribution in [3.8, 4) is 11.1 Å². The predicted octanol–water partition coefficient (Wildman–Crippen LogP) is 12.6. The van der Waals surface area contributed by atoms with Crippen molar-refractivity contribution in [2.75, 3.05) is 4.90 Å². The van der Waals surface area contributed by atoms with Gasteiger partial charge in [-0.3, -0.25) is 0 Å². The Balaban J connectivity index is 1.37. The average Bonchev–Trinajstić information content (AvgIpc) is 3.71. The number of furan rings is 1. The molecule has 8 aromatic carbocycles. The van der Waals surface area contributed by atoms with Gasteiger partial charge in [0.25, 0.3) is 0 Å². The first kappa shape index (κ1) is 27.7. The standard InChI is InChI=1S/C47H31NO/c1-4-17-32(18-5-1)47(33-19-6-2-7-20-33)40-28-14-12-26-39(40)45-37-25-11-10-23-35(37)43(31-41(45)47)48(34-21-8-3-9-22-34)42-29-16-27-38-36-24-13-15-30-44(36)49-46(38)42/h1-31H. The number of fused-ring (bicyclic) bond motifs is 8. The monoisotopic (exact) mass is 625 g/mol. The van der Waals surface area contributed by atoms with E-state index in [0.29, 0.717) is 0 Å². The van der Waals surface area contributed by atoms with Gasteiger partial charge in [-0.25, -0.2) is 0 Å². The van der Waals surface area contributed by atoms with Crippen LogP contribution < -0.4 is 4.90 Å². The smallest absolute Gasteiger partial charge is 0.159 e. The van der Waals surface area contributed by atoms with Gasteiger partial charge in [0, 0.05) is 21.8 Å². The summed E-state index contributed by atoms with van der Waals surface area (Å²) in [4.78, 5) is 2.40. The van der Waals surface area contributed by atoms with E-state index in [9.17, 15) is 0 Å². The summed E-state index contributed by atoms with van der Waals surface area (Å²) < 4.78 is 6.70. The Morgan fingerprint density at radius 2 is 0.980 bits per heavy atom. The fourth-order valence-electron chi connectivity index (χ4n) is 8.36. The lowest BCUT2D eigenvalue weighted by Gasteiger charge is -2.35. The second-order valence-electron chi connectivity index (χ2n) is 12.8. The maximum absolute atomic E-state index is 6.70. The van der Waals surface area contributed by atoms with E-state index < -0.39 is 5.41 Å². The number of hydrogen-bond donors (Lipinski definition) is 0. The van der Waals surface area contributed by atoms with Gasteiger partial charge < -0.3 is 9.32 Å². The number of rotatable bonds is 5. The highest BCUT2D eigenvalue weighted by atomic mass is 16.3. The third-order valence-electron chi connectivity index (χ3n) is 10.3. The molecule has 1 aliphatic carbocycles. The molecule has 0 atom stereocenters. The lowest BCUT2D eigenvalue weighted by atomic mass is 9.67. The number of hydrogen-bond acceptors (Lipinski definition) is 2. The van der Waals surface area contributed by atoms with Crippen molar-refractivity contribution in [3.63, 3.8) is 0 Å². The molecule has 0 unspecified atom stereocenters. The topological polar surface area (TPSA) is 16.4 Å². The minimum absolute atomic E-state index is 0.527. The summed E-state index contributed by atoms with van der Waals surface area (Å²) in [6.07, 6.45) is 0. The molecule has 2 nitrogen and oxygen atoms in total. The zero-order valence-corrected chi connectivity index (χ0v) is 26.8. The van der Waals surface area contributed by atoms with Crippen LogP contribution in [0.4, 0.5) is 17.1 Å². The average molecular weight is 626 g/mol. The van der Waals surface area contributed by atoms with Gasteiger partial charge in [-0.15, -0.1) is 0 Å². The molecule has 0 amide bonds. The maximum atomic E-state index is 6.70. The molecule has 0 saturated heterocycles. The van der Waals surface area contributed by atoms with Crippen molar-refractivity contribution in [1.29, 1.82) is 0 Å². The molecular weight excluding hydrogens is 595 g/mol. The molecule has 10 rings (SSSR count).